The van der Waals surface area contributed by atoms with Gasteiger partial charge in [-0.2, -0.15) is 0 Å². The highest BCUT2D eigenvalue weighted by Gasteiger charge is 2.30. The van der Waals surface area contributed by atoms with Crippen molar-refractivity contribution in [2.75, 3.05) is 6.79 Å². The Labute approximate surface area is 99.5 Å². The molecule has 2 aliphatic heterocycles. The molecule has 0 bridgehead atoms. The molecule has 2 aliphatic rings. The second-order valence-electron chi connectivity index (χ2n) is 4.54. The average Bonchev–Trinajstić information content (AvgIpc) is 2.79. The Bertz CT molecular complexity index is 455. The fraction of sp³-hybridized carbons (Fsp3) is 0.462. The van der Waals surface area contributed by atoms with Gasteiger partial charge in [-0.15, -0.1) is 0 Å². The Hall–Kier alpha value is -1.71. The molecular weight excluding hydrogens is 220 g/mol. The molecular formula is C13H14O4. The van der Waals surface area contributed by atoms with E-state index < -0.39 is 0 Å². The van der Waals surface area contributed by atoms with E-state index in [9.17, 15) is 4.79 Å². The Morgan fingerprint density at radius 3 is 2.94 bits per heavy atom. The largest absolute Gasteiger partial charge is 0.457 e. The van der Waals surface area contributed by atoms with Crippen LogP contribution >= 0.6 is 0 Å². The van der Waals surface area contributed by atoms with E-state index in [1.54, 1.807) is 0 Å². The lowest BCUT2D eigenvalue weighted by atomic mass is 9.91. The number of fused-ring (bicyclic) bond motifs is 1. The molecule has 0 N–H and O–H groups in total. The molecule has 4 nitrogen and oxygen atoms in total. The zero-order chi connectivity index (χ0) is 11.8. The van der Waals surface area contributed by atoms with Crippen LogP contribution in [0.25, 0.3) is 0 Å². The number of hydrogen-bond acceptors (Lipinski definition) is 4. The van der Waals surface area contributed by atoms with Gasteiger partial charge in [-0.3, -0.25) is 4.79 Å². The maximum Gasteiger partial charge on any atom is 0.306 e. The maximum absolute atomic E-state index is 11.3. The van der Waals surface area contributed by atoms with Gasteiger partial charge in [0.2, 0.25) is 6.79 Å². The number of carbonyl (C=O) groups excluding carboxylic acids is 1. The van der Waals surface area contributed by atoms with E-state index in [1.807, 2.05) is 18.2 Å². The van der Waals surface area contributed by atoms with Crippen molar-refractivity contribution in [2.45, 2.75) is 25.9 Å². The van der Waals surface area contributed by atoms with Gasteiger partial charge >= 0.3 is 5.97 Å². The molecule has 0 unspecified atom stereocenters. The minimum absolute atomic E-state index is 0.120. The van der Waals surface area contributed by atoms with Gasteiger partial charge in [0.25, 0.3) is 0 Å². The van der Waals surface area contributed by atoms with Crippen molar-refractivity contribution in [2.24, 2.45) is 5.92 Å². The minimum Gasteiger partial charge on any atom is -0.457 e. The summed E-state index contributed by atoms with van der Waals surface area (Å²) in [6.07, 6.45) is 1.23. The number of hydrogen-bond donors (Lipinski definition) is 0. The fourth-order valence-electron chi connectivity index (χ4n) is 2.30. The lowest BCUT2D eigenvalue weighted by Gasteiger charge is -2.28. The van der Waals surface area contributed by atoms with Gasteiger partial charge in [0.15, 0.2) is 11.5 Å². The molecule has 0 saturated carbocycles. The average molecular weight is 234 g/mol. The monoisotopic (exact) mass is 234 g/mol. The van der Waals surface area contributed by atoms with Crippen LogP contribution in [0.2, 0.25) is 0 Å². The first-order valence-electron chi connectivity index (χ1n) is 5.83. The van der Waals surface area contributed by atoms with Crippen LogP contribution in [-0.2, 0) is 9.53 Å². The van der Waals surface area contributed by atoms with E-state index in [-0.39, 0.29) is 18.9 Å². The van der Waals surface area contributed by atoms with Crippen LogP contribution in [0.3, 0.4) is 0 Å². The lowest BCUT2D eigenvalue weighted by molar-refractivity contribution is -0.158. The predicted molar refractivity (Wildman–Crippen MR) is 59.8 cm³/mol. The van der Waals surface area contributed by atoms with E-state index in [1.165, 1.54) is 0 Å². The number of ether oxygens (including phenoxy) is 3. The summed E-state index contributed by atoms with van der Waals surface area (Å²) < 4.78 is 16.0. The molecule has 0 spiro atoms. The lowest BCUT2D eigenvalue weighted by Crippen LogP contribution is -2.24. The van der Waals surface area contributed by atoms with Gasteiger partial charge in [-0.05, 0) is 30.0 Å². The summed E-state index contributed by atoms with van der Waals surface area (Å²) in [6, 6.07) is 5.71. The predicted octanol–water partition coefficient (Wildman–Crippen LogP) is 2.43. The van der Waals surface area contributed by atoms with Crippen molar-refractivity contribution in [1.82, 2.24) is 0 Å². The molecule has 4 heteroatoms. The molecule has 1 aromatic carbocycles. The highest BCUT2D eigenvalue weighted by atomic mass is 16.7. The van der Waals surface area contributed by atoms with Crippen LogP contribution in [0, 0.1) is 5.92 Å². The van der Waals surface area contributed by atoms with Crippen LogP contribution in [0.4, 0.5) is 0 Å². The molecule has 2 heterocycles. The summed E-state index contributed by atoms with van der Waals surface area (Å²) in [5.41, 5.74) is 0.981. The molecule has 0 amide bonds. The Morgan fingerprint density at radius 1 is 1.24 bits per heavy atom. The van der Waals surface area contributed by atoms with Crippen molar-refractivity contribution in [1.29, 1.82) is 0 Å². The maximum atomic E-state index is 11.3. The molecule has 17 heavy (non-hydrogen) atoms. The topological polar surface area (TPSA) is 44.8 Å². The van der Waals surface area contributed by atoms with Crippen LogP contribution in [0.5, 0.6) is 11.5 Å². The summed E-state index contributed by atoms with van der Waals surface area (Å²) in [4.78, 5) is 11.3. The minimum atomic E-state index is -0.161. The molecule has 1 aromatic rings. The SMILES string of the molecule is C[C@@H]1CCC(=O)O[C@H]1c1ccc2c(c1)OCO2. The summed E-state index contributed by atoms with van der Waals surface area (Å²) in [6.45, 7) is 2.36. The van der Waals surface area contributed by atoms with Crippen molar-refractivity contribution < 1.29 is 19.0 Å². The van der Waals surface area contributed by atoms with E-state index in [4.69, 9.17) is 14.2 Å². The van der Waals surface area contributed by atoms with E-state index in [0.29, 0.717) is 12.3 Å². The van der Waals surface area contributed by atoms with Gasteiger partial charge in [-0.25, -0.2) is 0 Å². The molecule has 0 radical (unpaired) electrons. The van der Waals surface area contributed by atoms with Gasteiger partial charge in [-0.1, -0.05) is 13.0 Å². The Morgan fingerprint density at radius 2 is 2.06 bits per heavy atom. The first-order valence-corrected chi connectivity index (χ1v) is 5.83. The number of cyclic esters (lactones) is 1. The normalized spacial score (nSPS) is 26.8. The van der Waals surface area contributed by atoms with Gasteiger partial charge in [0, 0.05) is 6.42 Å². The second kappa shape index (κ2) is 3.95. The van der Waals surface area contributed by atoms with Crippen molar-refractivity contribution in [3.05, 3.63) is 23.8 Å². The molecule has 1 saturated heterocycles. The van der Waals surface area contributed by atoms with Gasteiger partial charge in [0.05, 0.1) is 0 Å². The third kappa shape index (κ3) is 1.84. The van der Waals surface area contributed by atoms with Gasteiger partial charge < -0.3 is 14.2 Å². The molecule has 90 valence electrons. The smallest absolute Gasteiger partial charge is 0.306 e. The summed E-state index contributed by atoms with van der Waals surface area (Å²) in [5.74, 6) is 1.71. The van der Waals surface area contributed by atoms with Crippen LogP contribution in [0.1, 0.15) is 31.4 Å². The quantitative estimate of drug-likeness (QED) is 0.700. The third-order valence-corrected chi connectivity index (χ3v) is 3.30. The van der Waals surface area contributed by atoms with E-state index >= 15 is 0 Å². The highest BCUT2D eigenvalue weighted by molar-refractivity contribution is 5.70. The van der Waals surface area contributed by atoms with Crippen LogP contribution < -0.4 is 9.47 Å². The highest BCUT2D eigenvalue weighted by Crippen LogP contribution is 2.39. The Kier molecular flexibility index (Phi) is 2.42. The standard InChI is InChI=1S/C13H14O4/c1-8-2-5-12(14)17-13(8)9-3-4-10-11(6-9)16-7-15-10/h3-4,6,8,13H,2,5,7H2,1H3/t8-,13-/m1/s1. The second-order valence-corrected chi connectivity index (χ2v) is 4.54. The van der Waals surface area contributed by atoms with Crippen LogP contribution in [-0.4, -0.2) is 12.8 Å². The molecule has 1 fully saturated rings. The summed E-state index contributed by atoms with van der Waals surface area (Å²) in [7, 11) is 0. The summed E-state index contributed by atoms with van der Waals surface area (Å²) in [5, 5.41) is 0. The molecule has 2 atom stereocenters. The van der Waals surface area contributed by atoms with E-state index in [0.717, 1.165) is 23.5 Å². The third-order valence-electron chi connectivity index (χ3n) is 3.30. The van der Waals surface area contributed by atoms with E-state index in [2.05, 4.69) is 6.92 Å². The summed E-state index contributed by atoms with van der Waals surface area (Å²) >= 11 is 0. The zero-order valence-electron chi connectivity index (χ0n) is 9.64. The number of benzene rings is 1. The number of carbonyl (C=O) groups is 1. The fourth-order valence-corrected chi connectivity index (χ4v) is 2.30. The number of esters is 1. The first-order chi connectivity index (χ1) is 8.24. The molecule has 3 rings (SSSR count). The van der Waals surface area contributed by atoms with Crippen LogP contribution in [0.15, 0.2) is 18.2 Å². The number of rotatable bonds is 1. The van der Waals surface area contributed by atoms with Crippen molar-refractivity contribution in [3.63, 3.8) is 0 Å². The first kappa shape index (κ1) is 10.4. The van der Waals surface area contributed by atoms with Crippen molar-refractivity contribution in [3.8, 4) is 11.5 Å². The molecule has 0 aliphatic carbocycles. The molecule has 0 aromatic heterocycles. The Balaban J connectivity index is 1.90. The zero-order valence-corrected chi connectivity index (χ0v) is 9.64. The van der Waals surface area contributed by atoms with Gasteiger partial charge in [0.1, 0.15) is 6.10 Å². The van der Waals surface area contributed by atoms with Crippen molar-refractivity contribution >= 4 is 5.97 Å².